The third kappa shape index (κ3) is 2.74. The van der Waals surface area contributed by atoms with Crippen LogP contribution in [0.3, 0.4) is 0 Å². The summed E-state index contributed by atoms with van der Waals surface area (Å²) in [5, 5.41) is 4.76. The summed E-state index contributed by atoms with van der Waals surface area (Å²) in [6, 6.07) is 4.12. The Hall–Kier alpha value is -1.54. The van der Waals surface area contributed by atoms with E-state index in [4.69, 9.17) is 9.72 Å². The molecule has 1 aliphatic rings. The maximum Gasteiger partial charge on any atom is 0.260 e. The molecular weight excluding hydrogens is 330 g/mol. The fourth-order valence-electron chi connectivity index (χ4n) is 2.91. The first-order valence-electron chi connectivity index (χ1n) is 7.61. The lowest BCUT2D eigenvalue weighted by atomic mass is 10.2. The highest BCUT2D eigenvalue weighted by Crippen LogP contribution is 2.34. The number of fused-ring (bicyclic) bond motifs is 1. The first-order valence-corrected chi connectivity index (χ1v) is 9.37. The van der Waals surface area contributed by atoms with Crippen LogP contribution in [-0.4, -0.2) is 41.2 Å². The van der Waals surface area contributed by atoms with E-state index in [2.05, 4.69) is 16.8 Å². The van der Waals surface area contributed by atoms with Crippen molar-refractivity contribution in [2.45, 2.75) is 13.0 Å². The molecule has 7 heteroatoms. The second kappa shape index (κ2) is 6.16. The van der Waals surface area contributed by atoms with Crippen LogP contribution in [-0.2, 0) is 4.74 Å². The molecule has 0 aliphatic carbocycles. The summed E-state index contributed by atoms with van der Waals surface area (Å²) in [4.78, 5) is 24.6. The van der Waals surface area contributed by atoms with Crippen LogP contribution in [0.5, 0.6) is 0 Å². The zero-order valence-corrected chi connectivity index (χ0v) is 14.4. The Balaban J connectivity index is 1.75. The highest BCUT2D eigenvalue weighted by Gasteiger charge is 2.22. The predicted octanol–water partition coefficient (Wildman–Crippen LogP) is 3.11. The number of aromatic nitrogens is 2. The molecule has 0 radical (unpaired) electrons. The number of morpholine rings is 1. The van der Waals surface area contributed by atoms with E-state index in [0.29, 0.717) is 5.39 Å². The van der Waals surface area contributed by atoms with Crippen molar-refractivity contribution in [1.29, 1.82) is 0 Å². The zero-order valence-electron chi connectivity index (χ0n) is 12.7. The van der Waals surface area contributed by atoms with E-state index in [1.165, 1.54) is 11.3 Å². The van der Waals surface area contributed by atoms with Crippen LogP contribution in [0.4, 0.5) is 0 Å². The summed E-state index contributed by atoms with van der Waals surface area (Å²) < 4.78 is 5.39. The van der Waals surface area contributed by atoms with Gasteiger partial charge >= 0.3 is 0 Å². The molecule has 1 saturated heterocycles. The monoisotopic (exact) mass is 347 g/mol. The molecule has 0 spiro atoms. The molecule has 4 rings (SSSR count). The van der Waals surface area contributed by atoms with Crippen LogP contribution in [0, 0.1) is 0 Å². The maximum atomic E-state index is 12.6. The van der Waals surface area contributed by atoms with Crippen LogP contribution in [0.15, 0.2) is 27.7 Å². The standard InChI is InChI=1S/C16H17N3O2S2/c1-10(19-4-6-21-7-5-19)14-17-15(20)13-11(9-23-16(13)18-14)12-3-2-8-22-12/h2-3,8-10H,4-7H2,1H3,(H,17,18,20)/t10-/m0/s1. The van der Waals surface area contributed by atoms with Gasteiger partial charge in [0.15, 0.2) is 0 Å². The molecular formula is C16H17N3O2S2. The quantitative estimate of drug-likeness (QED) is 0.791. The van der Waals surface area contributed by atoms with Gasteiger partial charge in [-0.25, -0.2) is 4.98 Å². The molecule has 1 N–H and O–H groups in total. The summed E-state index contributed by atoms with van der Waals surface area (Å²) in [6.45, 7) is 5.29. The van der Waals surface area contributed by atoms with E-state index >= 15 is 0 Å². The molecule has 0 unspecified atom stereocenters. The molecule has 0 saturated carbocycles. The second-order valence-electron chi connectivity index (χ2n) is 5.58. The first kappa shape index (κ1) is 15.0. The molecule has 5 nitrogen and oxygen atoms in total. The molecule has 1 atom stereocenters. The highest BCUT2D eigenvalue weighted by atomic mass is 32.1. The number of hydrogen-bond donors (Lipinski definition) is 1. The largest absolute Gasteiger partial charge is 0.379 e. The normalized spacial score (nSPS) is 17.6. The van der Waals surface area contributed by atoms with Crippen molar-refractivity contribution < 1.29 is 4.74 Å². The number of nitrogens with zero attached hydrogens (tertiary/aromatic N) is 2. The maximum absolute atomic E-state index is 12.6. The van der Waals surface area contributed by atoms with Gasteiger partial charge in [-0.1, -0.05) is 6.07 Å². The summed E-state index contributed by atoms with van der Waals surface area (Å²) in [6.07, 6.45) is 0. The zero-order chi connectivity index (χ0) is 15.8. The minimum atomic E-state index is -0.0465. The third-order valence-electron chi connectivity index (χ3n) is 4.24. The third-order valence-corrected chi connectivity index (χ3v) is 6.01. The Bertz CT molecular complexity index is 863. The van der Waals surface area contributed by atoms with Crippen molar-refractivity contribution in [3.63, 3.8) is 0 Å². The second-order valence-corrected chi connectivity index (χ2v) is 7.39. The number of aromatic amines is 1. The molecule has 0 bridgehead atoms. The number of rotatable bonds is 3. The van der Waals surface area contributed by atoms with Gasteiger partial charge in [0.2, 0.25) is 0 Å². The average molecular weight is 347 g/mol. The van der Waals surface area contributed by atoms with Gasteiger partial charge in [-0.3, -0.25) is 9.69 Å². The van der Waals surface area contributed by atoms with E-state index < -0.39 is 0 Å². The lowest BCUT2D eigenvalue weighted by molar-refractivity contribution is 0.0182. The lowest BCUT2D eigenvalue weighted by Gasteiger charge is -2.31. The molecule has 4 heterocycles. The van der Waals surface area contributed by atoms with Crippen molar-refractivity contribution in [3.8, 4) is 10.4 Å². The molecule has 3 aromatic rings. The smallest absolute Gasteiger partial charge is 0.260 e. The summed E-state index contributed by atoms with van der Waals surface area (Å²) in [7, 11) is 0. The van der Waals surface area contributed by atoms with Crippen molar-refractivity contribution in [2.24, 2.45) is 0 Å². The van der Waals surface area contributed by atoms with Crippen LogP contribution in [0.25, 0.3) is 20.7 Å². The highest BCUT2D eigenvalue weighted by molar-refractivity contribution is 7.18. The number of thiophene rings is 2. The van der Waals surface area contributed by atoms with Crippen molar-refractivity contribution in [3.05, 3.63) is 39.1 Å². The van der Waals surface area contributed by atoms with Crippen LogP contribution in [0.2, 0.25) is 0 Å². The SMILES string of the molecule is C[C@@H](c1nc2scc(-c3cccs3)c2c(=O)[nH]1)N1CCOCC1. The van der Waals surface area contributed by atoms with Gasteiger partial charge in [0.05, 0.1) is 24.6 Å². The molecule has 1 fully saturated rings. The number of ether oxygens (including phenoxy) is 1. The van der Waals surface area contributed by atoms with Gasteiger partial charge in [0.1, 0.15) is 10.7 Å². The summed E-state index contributed by atoms with van der Waals surface area (Å²) in [5.74, 6) is 0.740. The molecule has 0 amide bonds. The van der Waals surface area contributed by atoms with Gasteiger partial charge in [-0.2, -0.15) is 0 Å². The first-order chi connectivity index (χ1) is 11.2. The summed E-state index contributed by atoms with van der Waals surface area (Å²) >= 11 is 3.18. The van der Waals surface area contributed by atoms with Crippen LogP contribution >= 0.6 is 22.7 Å². The van der Waals surface area contributed by atoms with E-state index in [1.807, 2.05) is 22.9 Å². The Morgan fingerprint density at radius 1 is 1.35 bits per heavy atom. The predicted molar refractivity (Wildman–Crippen MR) is 94.4 cm³/mol. The van der Waals surface area contributed by atoms with Crippen LogP contribution in [0.1, 0.15) is 18.8 Å². The van der Waals surface area contributed by atoms with Gasteiger partial charge in [0.25, 0.3) is 5.56 Å². The molecule has 0 aromatic carbocycles. The van der Waals surface area contributed by atoms with Gasteiger partial charge < -0.3 is 9.72 Å². The Kier molecular flexibility index (Phi) is 4.02. The van der Waals surface area contributed by atoms with Gasteiger partial charge in [-0.15, -0.1) is 22.7 Å². The lowest BCUT2D eigenvalue weighted by Crippen LogP contribution is -2.39. The Labute approximate surface area is 141 Å². The number of hydrogen-bond acceptors (Lipinski definition) is 6. The fourth-order valence-corrected chi connectivity index (χ4v) is 4.68. The van der Waals surface area contributed by atoms with Gasteiger partial charge in [-0.05, 0) is 18.4 Å². The van der Waals surface area contributed by atoms with E-state index in [-0.39, 0.29) is 11.6 Å². The Morgan fingerprint density at radius 3 is 2.91 bits per heavy atom. The number of nitrogens with one attached hydrogen (secondary N) is 1. The van der Waals surface area contributed by atoms with Gasteiger partial charge in [0, 0.05) is 28.9 Å². The minimum absolute atomic E-state index is 0.0465. The van der Waals surface area contributed by atoms with E-state index in [0.717, 1.165) is 47.4 Å². The Morgan fingerprint density at radius 2 is 2.17 bits per heavy atom. The van der Waals surface area contributed by atoms with Crippen molar-refractivity contribution >= 4 is 32.9 Å². The van der Waals surface area contributed by atoms with E-state index in [1.54, 1.807) is 11.3 Å². The number of H-pyrrole nitrogens is 1. The van der Waals surface area contributed by atoms with Crippen LogP contribution < -0.4 is 5.56 Å². The summed E-state index contributed by atoms with van der Waals surface area (Å²) in [5.41, 5.74) is 0.939. The fraction of sp³-hybridized carbons (Fsp3) is 0.375. The van der Waals surface area contributed by atoms with Crippen molar-refractivity contribution in [2.75, 3.05) is 26.3 Å². The molecule has 3 aromatic heterocycles. The molecule has 1 aliphatic heterocycles. The average Bonchev–Trinajstić information content (AvgIpc) is 3.24. The minimum Gasteiger partial charge on any atom is -0.379 e. The van der Waals surface area contributed by atoms with E-state index in [9.17, 15) is 4.79 Å². The topological polar surface area (TPSA) is 58.2 Å². The molecule has 23 heavy (non-hydrogen) atoms. The van der Waals surface area contributed by atoms with Crippen molar-refractivity contribution in [1.82, 2.24) is 14.9 Å². The molecule has 120 valence electrons.